The highest BCUT2D eigenvalue weighted by atomic mass is 32.2. The van der Waals surface area contributed by atoms with Crippen LogP contribution in [0.5, 0.6) is 0 Å². The Morgan fingerprint density at radius 1 is 0.390 bits per heavy atom. The lowest BCUT2D eigenvalue weighted by molar-refractivity contribution is -0.00359. The van der Waals surface area contributed by atoms with Gasteiger partial charge in [0.1, 0.15) is 0 Å². The molecular weight excluding hydrogens is 513 g/mol. The van der Waals surface area contributed by atoms with E-state index in [0.29, 0.717) is 10.8 Å². The quantitative estimate of drug-likeness (QED) is 0.0814. The summed E-state index contributed by atoms with van der Waals surface area (Å²) >= 11 is 2.38. The van der Waals surface area contributed by atoms with Crippen molar-refractivity contribution in [2.75, 3.05) is 11.5 Å². The van der Waals surface area contributed by atoms with E-state index in [1.54, 1.807) is 0 Å². The van der Waals surface area contributed by atoms with Crippen molar-refractivity contribution < 1.29 is 0 Å². The van der Waals surface area contributed by atoms with Crippen LogP contribution in [-0.2, 0) is 0 Å². The van der Waals surface area contributed by atoms with Gasteiger partial charge in [0, 0.05) is 0 Å². The number of unbranched alkanes of at least 4 members (excludes halogenated alkanes) is 12. The van der Waals surface area contributed by atoms with Crippen LogP contribution in [0.2, 0.25) is 0 Å². The van der Waals surface area contributed by atoms with Crippen molar-refractivity contribution in [2.24, 2.45) is 34.5 Å². The van der Waals surface area contributed by atoms with Crippen molar-refractivity contribution in [3.8, 4) is 0 Å². The third-order valence-corrected chi connectivity index (χ3v) is 12.6. The fraction of sp³-hybridized carbons (Fsp3) is 1.00. The summed E-state index contributed by atoms with van der Waals surface area (Å²) in [6.45, 7) is 20.0. The summed E-state index contributed by atoms with van der Waals surface area (Å²) in [5.74, 6) is 6.45. The van der Waals surface area contributed by atoms with Gasteiger partial charge in [0.25, 0.3) is 0 Å². The first-order valence-electron chi connectivity index (χ1n) is 19.4. The summed E-state index contributed by atoms with van der Waals surface area (Å²) in [5, 5.41) is 0. The molecule has 4 unspecified atom stereocenters. The lowest BCUT2D eigenvalue weighted by atomic mass is 9.53. The second-order valence-electron chi connectivity index (χ2n) is 15.7. The monoisotopic (exact) mass is 593 g/mol. The molecule has 1 heterocycles. The largest absolute Gasteiger partial charge is 0.161 e. The van der Waals surface area contributed by atoms with Crippen LogP contribution in [0.4, 0.5) is 0 Å². The molecule has 0 radical (unpaired) electrons. The van der Waals surface area contributed by atoms with E-state index in [2.05, 4.69) is 67.2 Å². The maximum Gasteiger partial charge on any atom is -0.000477 e. The second kappa shape index (κ2) is 23.7. The van der Waals surface area contributed by atoms with Crippen LogP contribution in [0.25, 0.3) is 0 Å². The first kappa shape index (κ1) is 39.4. The molecule has 0 aliphatic carbocycles. The summed E-state index contributed by atoms with van der Waals surface area (Å²) in [6.07, 6.45) is 34.7. The smallest absolute Gasteiger partial charge is 0.000477 e. The van der Waals surface area contributed by atoms with E-state index in [1.807, 2.05) is 0 Å². The molecule has 0 aromatic carbocycles. The lowest BCUT2D eigenvalue weighted by Gasteiger charge is -2.51. The van der Waals surface area contributed by atoms with Gasteiger partial charge in [-0.3, -0.25) is 0 Å². The van der Waals surface area contributed by atoms with E-state index in [0.717, 1.165) is 23.7 Å². The Kier molecular flexibility index (Phi) is 22.8. The van der Waals surface area contributed by atoms with E-state index in [1.165, 1.54) is 166 Å². The highest BCUT2D eigenvalue weighted by Crippen LogP contribution is 2.63. The number of rotatable bonds is 28. The highest BCUT2D eigenvalue weighted by molar-refractivity contribution is 7.99. The topological polar surface area (TPSA) is 0 Å². The molecule has 0 saturated carbocycles. The fourth-order valence-corrected chi connectivity index (χ4v) is 10.7. The first-order valence-corrected chi connectivity index (χ1v) is 20.5. The van der Waals surface area contributed by atoms with Crippen LogP contribution in [0.3, 0.4) is 0 Å². The molecule has 0 amide bonds. The minimum Gasteiger partial charge on any atom is -0.161 e. The molecule has 1 rings (SSSR count). The standard InChI is InChI=1S/C40H80S/c1-9-13-17-21-25-35(5)29-39(30-36(6)26-22-18-14-10-2)33-41-34-40(39,31-37(7)27-23-19-15-11-3)32-38(8)28-24-20-16-12-4/h35-38H,9-34H2,1-8H3. The molecule has 0 nitrogen and oxygen atoms in total. The zero-order valence-corrected chi connectivity index (χ0v) is 30.9. The minimum atomic E-state index is 0.557. The van der Waals surface area contributed by atoms with Crippen LogP contribution >= 0.6 is 11.8 Å². The normalized spacial score (nSPS) is 24.0. The average Bonchev–Trinajstić information content (AvgIpc) is 3.25. The van der Waals surface area contributed by atoms with Gasteiger partial charge in [-0.05, 0) is 71.7 Å². The average molecular weight is 593 g/mol. The van der Waals surface area contributed by atoms with Gasteiger partial charge < -0.3 is 0 Å². The summed E-state index contributed by atoms with van der Waals surface area (Å²) in [5.41, 5.74) is 1.11. The molecule has 1 saturated heterocycles. The van der Waals surface area contributed by atoms with Crippen molar-refractivity contribution in [3.63, 3.8) is 0 Å². The predicted molar refractivity (Wildman–Crippen MR) is 192 cm³/mol. The summed E-state index contributed by atoms with van der Waals surface area (Å²) in [6, 6.07) is 0. The van der Waals surface area contributed by atoms with Crippen molar-refractivity contribution >= 4 is 11.8 Å². The van der Waals surface area contributed by atoms with Gasteiger partial charge in [-0.2, -0.15) is 11.8 Å². The molecule has 0 aromatic rings. The van der Waals surface area contributed by atoms with Gasteiger partial charge in [-0.25, -0.2) is 0 Å². The van der Waals surface area contributed by atoms with Crippen LogP contribution in [0.15, 0.2) is 0 Å². The van der Waals surface area contributed by atoms with Gasteiger partial charge in [0.05, 0.1) is 0 Å². The minimum absolute atomic E-state index is 0.557. The van der Waals surface area contributed by atoms with E-state index in [9.17, 15) is 0 Å². The molecule has 41 heavy (non-hydrogen) atoms. The zero-order chi connectivity index (χ0) is 30.4. The molecule has 1 aliphatic rings. The Morgan fingerprint density at radius 2 is 0.634 bits per heavy atom. The number of thioether (sulfide) groups is 1. The van der Waals surface area contributed by atoms with Crippen LogP contribution < -0.4 is 0 Å². The number of hydrogen-bond donors (Lipinski definition) is 0. The van der Waals surface area contributed by atoms with Crippen molar-refractivity contribution in [1.29, 1.82) is 0 Å². The van der Waals surface area contributed by atoms with E-state index in [4.69, 9.17) is 0 Å². The summed E-state index contributed by atoms with van der Waals surface area (Å²) in [7, 11) is 0. The molecule has 246 valence electrons. The predicted octanol–water partition coefficient (Wildman–Crippen LogP) is 14.7. The molecule has 0 aromatic heterocycles. The van der Waals surface area contributed by atoms with Crippen LogP contribution in [-0.4, -0.2) is 11.5 Å². The molecule has 4 atom stereocenters. The van der Waals surface area contributed by atoms with E-state index in [-0.39, 0.29) is 0 Å². The lowest BCUT2D eigenvalue weighted by Crippen LogP contribution is -2.45. The van der Waals surface area contributed by atoms with Gasteiger partial charge in [0.2, 0.25) is 0 Å². The van der Waals surface area contributed by atoms with Gasteiger partial charge >= 0.3 is 0 Å². The molecule has 0 N–H and O–H groups in total. The van der Waals surface area contributed by atoms with Gasteiger partial charge in [-0.1, -0.05) is 184 Å². The molecule has 1 heteroatoms. The zero-order valence-electron chi connectivity index (χ0n) is 30.1. The Bertz CT molecular complexity index is 491. The maximum atomic E-state index is 2.65. The third kappa shape index (κ3) is 15.8. The van der Waals surface area contributed by atoms with Gasteiger partial charge in [0.15, 0.2) is 0 Å². The van der Waals surface area contributed by atoms with Crippen molar-refractivity contribution in [1.82, 2.24) is 0 Å². The third-order valence-electron chi connectivity index (χ3n) is 11.0. The second-order valence-corrected chi connectivity index (χ2v) is 16.7. The van der Waals surface area contributed by atoms with Crippen molar-refractivity contribution in [3.05, 3.63) is 0 Å². The van der Waals surface area contributed by atoms with Crippen molar-refractivity contribution in [2.45, 2.75) is 209 Å². The Balaban J connectivity index is 3.22. The fourth-order valence-electron chi connectivity index (χ4n) is 8.77. The molecule has 0 bridgehead atoms. The molecule has 0 spiro atoms. The summed E-state index contributed by atoms with van der Waals surface area (Å²) in [4.78, 5) is 0. The van der Waals surface area contributed by atoms with E-state index >= 15 is 0 Å². The first-order chi connectivity index (χ1) is 19.8. The SMILES string of the molecule is CCCCCCC(C)CC1(CC(C)CCCCCC)CSCC1(CC(C)CCCCCC)CC(C)CCCCCC. The molecular formula is C40H80S. The molecule has 1 aliphatic heterocycles. The van der Waals surface area contributed by atoms with Crippen LogP contribution in [0.1, 0.15) is 209 Å². The molecule has 1 fully saturated rings. The Hall–Kier alpha value is 0.350. The highest BCUT2D eigenvalue weighted by Gasteiger charge is 2.55. The van der Waals surface area contributed by atoms with Crippen LogP contribution in [0, 0.1) is 34.5 Å². The Labute approximate surface area is 266 Å². The maximum absolute atomic E-state index is 2.65. The summed E-state index contributed by atoms with van der Waals surface area (Å²) < 4.78 is 0. The Morgan fingerprint density at radius 3 is 0.854 bits per heavy atom. The van der Waals surface area contributed by atoms with E-state index < -0.39 is 0 Å². The number of hydrogen-bond acceptors (Lipinski definition) is 1. The van der Waals surface area contributed by atoms with Gasteiger partial charge in [-0.15, -0.1) is 0 Å².